The Labute approximate surface area is 178 Å². The number of rotatable bonds is 4. The van der Waals surface area contributed by atoms with Crippen molar-refractivity contribution in [1.29, 1.82) is 0 Å². The van der Waals surface area contributed by atoms with Crippen molar-refractivity contribution in [2.45, 2.75) is 37.1 Å². The van der Waals surface area contributed by atoms with Gasteiger partial charge in [-0.1, -0.05) is 53.7 Å². The van der Waals surface area contributed by atoms with Crippen molar-refractivity contribution in [1.82, 2.24) is 9.55 Å². The minimum atomic E-state index is -0.356. The molecular weight excluding hydrogens is 401 g/mol. The monoisotopic (exact) mass is 423 g/mol. The highest BCUT2D eigenvalue weighted by molar-refractivity contribution is 7.98. The number of aromatic nitrogens is 2. The number of carbonyl (C=O) groups excluding carboxylic acids is 1. The van der Waals surface area contributed by atoms with Gasteiger partial charge >= 0.3 is 0 Å². The zero-order chi connectivity index (χ0) is 21.4. The van der Waals surface area contributed by atoms with E-state index in [9.17, 15) is 14.0 Å². The number of nitrogens with zero attached hydrogens (tertiary/aromatic N) is 2. The lowest BCUT2D eigenvalue weighted by Gasteiger charge is -2.28. The highest BCUT2D eigenvalue weighted by atomic mass is 32.2. The van der Waals surface area contributed by atoms with E-state index >= 15 is 0 Å². The van der Waals surface area contributed by atoms with Crippen LogP contribution in [0.3, 0.4) is 0 Å². The number of nitrogens with one attached hydrogen (secondary N) is 1. The third-order valence-corrected chi connectivity index (χ3v) is 6.50. The molecule has 5 nitrogen and oxygen atoms in total. The second-order valence-corrected chi connectivity index (χ2v) is 8.51. The summed E-state index contributed by atoms with van der Waals surface area (Å²) in [5.74, 6) is 0.0228. The van der Waals surface area contributed by atoms with Crippen LogP contribution < -0.4 is 10.9 Å². The number of hydrogen-bond acceptors (Lipinski definition) is 4. The maximum atomic E-state index is 13.9. The zero-order valence-electron chi connectivity index (χ0n) is 17.0. The number of amides is 1. The molecule has 0 unspecified atom stereocenters. The number of benzene rings is 2. The molecule has 1 aromatic heterocycles. The van der Waals surface area contributed by atoms with Crippen LogP contribution in [0.25, 0.3) is 0 Å². The van der Waals surface area contributed by atoms with E-state index in [0.717, 1.165) is 16.7 Å². The summed E-state index contributed by atoms with van der Waals surface area (Å²) >= 11 is 1.27. The Balaban J connectivity index is 1.76. The second-order valence-electron chi connectivity index (χ2n) is 7.57. The lowest BCUT2D eigenvalue weighted by molar-refractivity contribution is -0.116. The molecule has 0 bridgehead atoms. The molecule has 7 heteroatoms. The van der Waals surface area contributed by atoms with Crippen molar-refractivity contribution in [2.75, 3.05) is 5.32 Å². The summed E-state index contributed by atoms with van der Waals surface area (Å²) in [4.78, 5) is 29.8. The summed E-state index contributed by atoms with van der Waals surface area (Å²) < 4.78 is 15.7. The Bertz CT molecular complexity index is 1210. The predicted octanol–water partition coefficient (Wildman–Crippen LogP) is 4.30. The average Bonchev–Trinajstić information content (AvgIpc) is 2.71. The number of halogens is 1. The maximum Gasteiger partial charge on any atom is 0.279 e. The van der Waals surface area contributed by atoms with Gasteiger partial charge in [-0.05, 0) is 36.6 Å². The van der Waals surface area contributed by atoms with Crippen molar-refractivity contribution in [3.8, 4) is 0 Å². The summed E-state index contributed by atoms with van der Waals surface area (Å²) in [7, 11) is 1.76. The van der Waals surface area contributed by atoms with Gasteiger partial charge in [-0.3, -0.25) is 9.59 Å². The Morgan fingerprint density at radius 3 is 2.73 bits per heavy atom. The van der Waals surface area contributed by atoms with Gasteiger partial charge in [-0.15, -0.1) is 0 Å². The first-order chi connectivity index (χ1) is 14.3. The first-order valence-corrected chi connectivity index (χ1v) is 10.7. The van der Waals surface area contributed by atoms with Crippen molar-refractivity contribution in [3.63, 3.8) is 0 Å². The molecule has 2 heterocycles. The van der Waals surface area contributed by atoms with Crippen molar-refractivity contribution < 1.29 is 9.18 Å². The van der Waals surface area contributed by atoms with Crippen molar-refractivity contribution >= 4 is 23.5 Å². The molecule has 154 valence electrons. The fraction of sp³-hybridized carbons (Fsp3) is 0.261. The summed E-state index contributed by atoms with van der Waals surface area (Å²) in [5, 5.41) is 3.28. The lowest BCUT2D eigenvalue weighted by atomic mass is 9.84. The Morgan fingerprint density at radius 2 is 1.97 bits per heavy atom. The summed E-state index contributed by atoms with van der Waals surface area (Å²) in [6, 6.07) is 12.6. The van der Waals surface area contributed by atoms with Crippen LogP contribution in [-0.2, 0) is 17.6 Å². The molecule has 0 radical (unpaired) electrons. The van der Waals surface area contributed by atoms with Gasteiger partial charge in [0.1, 0.15) is 11.6 Å². The highest BCUT2D eigenvalue weighted by Gasteiger charge is 2.32. The lowest BCUT2D eigenvalue weighted by Crippen LogP contribution is -2.33. The van der Waals surface area contributed by atoms with E-state index in [1.54, 1.807) is 29.8 Å². The second kappa shape index (κ2) is 8.07. The molecule has 0 saturated heterocycles. The standard InChI is InChI=1S/C23H22FN3O2S/c1-13-8-9-14(2)16(10-13)17-11-19(28)25-21-20(17)22(29)26-23(27(21)3)30-12-15-6-4-5-7-18(15)24/h4-10,17H,11-12H2,1-3H3,(H,25,28)/t17-/m0/s1. The number of carbonyl (C=O) groups is 1. The molecule has 1 amide bonds. The molecule has 30 heavy (non-hydrogen) atoms. The first-order valence-electron chi connectivity index (χ1n) is 9.69. The number of anilines is 1. The molecule has 1 atom stereocenters. The van der Waals surface area contributed by atoms with E-state index in [-0.39, 0.29) is 29.6 Å². The molecule has 0 fully saturated rings. The molecule has 1 aliphatic heterocycles. The Kier molecular flexibility index (Phi) is 5.47. The van der Waals surface area contributed by atoms with E-state index in [1.807, 2.05) is 32.0 Å². The minimum absolute atomic E-state index is 0.139. The summed E-state index contributed by atoms with van der Waals surface area (Å²) in [6.45, 7) is 3.98. The van der Waals surface area contributed by atoms with Gasteiger partial charge in [0.25, 0.3) is 5.56 Å². The zero-order valence-corrected chi connectivity index (χ0v) is 17.8. The van der Waals surface area contributed by atoms with Crippen molar-refractivity contribution in [3.05, 3.63) is 86.5 Å². The van der Waals surface area contributed by atoms with Crippen LogP contribution in [-0.4, -0.2) is 15.5 Å². The number of hydrogen-bond donors (Lipinski definition) is 1. The average molecular weight is 424 g/mol. The normalized spacial score (nSPS) is 15.6. The van der Waals surface area contributed by atoms with E-state index in [1.165, 1.54) is 17.8 Å². The molecule has 0 aliphatic carbocycles. The van der Waals surface area contributed by atoms with Gasteiger partial charge in [0.2, 0.25) is 5.91 Å². The van der Waals surface area contributed by atoms with Gasteiger partial charge in [0.15, 0.2) is 5.16 Å². The molecule has 0 saturated carbocycles. The van der Waals surface area contributed by atoms with Gasteiger partial charge in [0, 0.05) is 25.1 Å². The van der Waals surface area contributed by atoms with E-state index in [0.29, 0.717) is 27.9 Å². The Morgan fingerprint density at radius 1 is 1.20 bits per heavy atom. The molecule has 1 N–H and O–H groups in total. The van der Waals surface area contributed by atoms with E-state index in [4.69, 9.17) is 0 Å². The highest BCUT2D eigenvalue weighted by Crippen LogP contribution is 2.37. The van der Waals surface area contributed by atoms with Crippen LogP contribution >= 0.6 is 11.8 Å². The van der Waals surface area contributed by atoms with Crippen LogP contribution in [0.15, 0.2) is 52.4 Å². The van der Waals surface area contributed by atoms with Crippen LogP contribution in [0.1, 0.15) is 40.2 Å². The van der Waals surface area contributed by atoms with Gasteiger partial charge in [0.05, 0.1) is 5.56 Å². The van der Waals surface area contributed by atoms with Crippen LogP contribution in [0.2, 0.25) is 0 Å². The van der Waals surface area contributed by atoms with Crippen LogP contribution in [0, 0.1) is 19.7 Å². The van der Waals surface area contributed by atoms with E-state index < -0.39 is 0 Å². The van der Waals surface area contributed by atoms with E-state index in [2.05, 4.69) is 10.3 Å². The maximum absolute atomic E-state index is 13.9. The topological polar surface area (TPSA) is 64.0 Å². The molecule has 1 aliphatic rings. The Hall–Kier alpha value is -2.93. The summed E-state index contributed by atoms with van der Waals surface area (Å²) in [6.07, 6.45) is 0.204. The molecular formula is C23H22FN3O2S. The molecule has 0 spiro atoms. The largest absolute Gasteiger partial charge is 0.312 e. The molecule has 4 rings (SSSR count). The first kappa shape index (κ1) is 20.3. The molecule has 2 aromatic carbocycles. The minimum Gasteiger partial charge on any atom is -0.312 e. The van der Waals surface area contributed by atoms with Crippen LogP contribution in [0.5, 0.6) is 0 Å². The SMILES string of the molecule is Cc1ccc(C)c([C@@H]2CC(=O)Nc3c2c(=O)nc(SCc2ccccc2F)n3C)c1. The number of fused-ring (bicyclic) bond motifs is 1. The smallest absolute Gasteiger partial charge is 0.279 e. The predicted molar refractivity (Wildman–Crippen MR) is 116 cm³/mol. The fourth-order valence-electron chi connectivity index (χ4n) is 3.82. The fourth-order valence-corrected chi connectivity index (χ4v) is 4.77. The van der Waals surface area contributed by atoms with Gasteiger partial charge in [-0.2, -0.15) is 4.98 Å². The third kappa shape index (κ3) is 3.77. The van der Waals surface area contributed by atoms with Gasteiger partial charge < -0.3 is 9.88 Å². The molecule has 3 aromatic rings. The number of thioether (sulfide) groups is 1. The van der Waals surface area contributed by atoms with Crippen molar-refractivity contribution in [2.24, 2.45) is 7.05 Å². The van der Waals surface area contributed by atoms with Crippen LogP contribution in [0.4, 0.5) is 10.2 Å². The number of aryl methyl sites for hydroxylation is 2. The quantitative estimate of drug-likeness (QED) is 0.502. The van der Waals surface area contributed by atoms with Gasteiger partial charge in [-0.25, -0.2) is 4.39 Å². The third-order valence-electron chi connectivity index (χ3n) is 5.43. The summed E-state index contributed by atoms with van der Waals surface area (Å²) in [5.41, 5.74) is 3.76.